The Morgan fingerprint density at radius 1 is 0.917 bits per heavy atom. The van der Waals surface area contributed by atoms with Crippen LogP contribution in [0, 0.1) is 0 Å². The lowest BCUT2D eigenvalue weighted by atomic mass is 10.1. The number of nitrogens with zero attached hydrogens (tertiary/aromatic N) is 2. The lowest BCUT2D eigenvalue weighted by Gasteiger charge is -2.10. The molecule has 1 heterocycles. The molecular weight excluding hydrogens is 452 g/mol. The highest BCUT2D eigenvalue weighted by Crippen LogP contribution is 2.30. The van der Waals surface area contributed by atoms with Crippen molar-refractivity contribution >= 4 is 51.2 Å². The smallest absolute Gasteiger partial charge is 0.338 e. The Morgan fingerprint density at radius 3 is 2.31 bits per heavy atom. The largest absolute Gasteiger partial charge is 0.462 e. The van der Waals surface area contributed by atoms with Crippen molar-refractivity contribution < 1.29 is 19.1 Å². The first-order valence-electron chi connectivity index (χ1n) is 12.2. The Bertz CT molecular complexity index is 1480. The summed E-state index contributed by atoms with van der Waals surface area (Å²) in [6.45, 7) is 8.49. The minimum absolute atomic E-state index is 0.190. The SMILES string of the molecule is CCOC(=O)c1ccc(/N=C(/CC)O/C(=C/c2ccc3c(c2)c2ccccc2n3CC)C(C)=O)cc1. The average molecular weight is 483 g/mol. The molecule has 0 aliphatic rings. The zero-order valence-corrected chi connectivity index (χ0v) is 21.1. The topological polar surface area (TPSA) is 69.9 Å². The van der Waals surface area contributed by atoms with Gasteiger partial charge in [-0.05, 0) is 68.0 Å². The standard InChI is InChI=1S/C30H30N2O4/c1-5-29(31-23-15-13-22(14-16-23)30(34)35-7-3)36-28(20(4)33)19-21-12-17-27-25(18-21)24-10-8-9-11-26(24)32(27)6-2/h8-19H,5-7H2,1-4H3/b28-19+,31-29-. The molecule has 184 valence electrons. The van der Waals surface area contributed by atoms with Crippen molar-refractivity contribution in [3.05, 3.63) is 83.6 Å². The predicted octanol–water partition coefficient (Wildman–Crippen LogP) is 7.08. The molecule has 0 atom stereocenters. The summed E-state index contributed by atoms with van der Waals surface area (Å²) in [7, 11) is 0. The molecule has 0 radical (unpaired) electrons. The van der Waals surface area contributed by atoms with E-state index in [0.29, 0.717) is 30.2 Å². The van der Waals surface area contributed by atoms with Crippen LogP contribution in [0.15, 0.2) is 77.5 Å². The van der Waals surface area contributed by atoms with Gasteiger partial charge in [-0.2, -0.15) is 0 Å². The molecule has 4 rings (SSSR count). The van der Waals surface area contributed by atoms with Gasteiger partial charge >= 0.3 is 5.97 Å². The molecule has 1 aromatic heterocycles. The molecule has 0 saturated heterocycles. The van der Waals surface area contributed by atoms with Crippen molar-refractivity contribution in [3.63, 3.8) is 0 Å². The molecule has 0 unspecified atom stereocenters. The maximum Gasteiger partial charge on any atom is 0.338 e. The van der Waals surface area contributed by atoms with Gasteiger partial charge in [-0.1, -0.05) is 31.2 Å². The van der Waals surface area contributed by atoms with E-state index in [0.717, 1.165) is 23.0 Å². The lowest BCUT2D eigenvalue weighted by Crippen LogP contribution is -2.09. The second kappa shape index (κ2) is 11.0. The van der Waals surface area contributed by atoms with E-state index in [4.69, 9.17) is 9.47 Å². The second-order valence-electron chi connectivity index (χ2n) is 8.33. The zero-order valence-electron chi connectivity index (χ0n) is 21.1. The molecule has 6 heteroatoms. The van der Waals surface area contributed by atoms with E-state index >= 15 is 0 Å². The molecule has 4 aromatic rings. The number of ether oxygens (including phenoxy) is 2. The number of hydrogen-bond acceptors (Lipinski definition) is 5. The lowest BCUT2D eigenvalue weighted by molar-refractivity contribution is -0.115. The predicted molar refractivity (Wildman–Crippen MR) is 145 cm³/mol. The normalized spacial score (nSPS) is 12.2. The fourth-order valence-corrected chi connectivity index (χ4v) is 4.19. The summed E-state index contributed by atoms with van der Waals surface area (Å²) in [6, 6.07) is 21.3. The third-order valence-corrected chi connectivity index (χ3v) is 5.92. The number of aliphatic imine (C=N–C) groups is 1. The van der Waals surface area contributed by atoms with Gasteiger partial charge < -0.3 is 14.0 Å². The Hall–Kier alpha value is -4.19. The quantitative estimate of drug-likeness (QED) is 0.0885. The van der Waals surface area contributed by atoms with E-state index in [1.54, 1.807) is 37.3 Å². The summed E-state index contributed by atoms with van der Waals surface area (Å²) in [5.41, 5.74) is 4.30. The molecule has 0 N–H and O–H groups in total. The van der Waals surface area contributed by atoms with Gasteiger partial charge in [-0.25, -0.2) is 9.79 Å². The number of aromatic nitrogens is 1. The van der Waals surface area contributed by atoms with Crippen LogP contribution in [0.4, 0.5) is 5.69 Å². The highest BCUT2D eigenvalue weighted by atomic mass is 16.5. The van der Waals surface area contributed by atoms with E-state index in [1.165, 1.54) is 17.8 Å². The van der Waals surface area contributed by atoms with Crippen LogP contribution >= 0.6 is 0 Å². The van der Waals surface area contributed by atoms with E-state index < -0.39 is 0 Å². The maximum atomic E-state index is 12.5. The Kier molecular flexibility index (Phi) is 7.64. The first-order chi connectivity index (χ1) is 17.4. The second-order valence-corrected chi connectivity index (χ2v) is 8.33. The fourth-order valence-electron chi connectivity index (χ4n) is 4.19. The number of benzene rings is 3. The van der Waals surface area contributed by atoms with Gasteiger partial charge in [0.25, 0.3) is 0 Å². The molecule has 6 nitrogen and oxygen atoms in total. The Labute approximate surface area is 210 Å². The molecule has 36 heavy (non-hydrogen) atoms. The van der Waals surface area contributed by atoms with E-state index in [2.05, 4.69) is 40.7 Å². The van der Waals surface area contributed by atoms with E-state index in [1.807, 2.05) is 25.1 Å². The van der Waals surface area contributed by atoms with Gasteiger partial charge in [0.1, 0.15) is 0 Å². The zero-order chi connectivity index (χ0) is 25.7. The third kappa shape index (κ3) is 5.23. The summed E-state index contributed by atoms with van der Waals surface area (Å²) >= 11 is 0. The highest BCUT2D eigenvalue weighted by Gasteiger charge is 2.13. The van der Waals surface area contributed by atoms with E-state index in [9.17, 15) is 9.59 Å². The van der Waals surface area contributed by atoms with Gasteiger partial charge in [0.05, 0.1) is 17.9 Å². The van der Waals surface area contributed by atoms with Gasteiger partial charge in [0.15, 0.2) is 17.4 Å². The number of allylic oxidation sites excluding steroid dienone is 1. The fraction of sp³-hybridized carbons (Fsp3) is 0.233. The minimum atomic E-state index is -0.374. The van der Waals surface area contributed by atoms with Crippen molar-refractivity contribution in [1.82, 2.24) is 4.57 Å². The van der Waals surface area contributed by atoms with Crippen LogP contribution in [0.3, 0.4) is 0 Å². The summed E-state index contributed by atoms with van der Waals surface area (Å²) in [6.07, 6.45) is 2.25. The number of fused-ring (bicyclic) bond motifs is 3. The van der Waals surface area contributed by atoms with Crippen LogP contribution in [-0.4, -0.2) is 28.8 Å². The molecule has 0 aliphatic heterocycles. The monoisotopic (exact) mass is 482 g/mol. The number of esters is 1. The van der Waals surface area contributed by atoms with Crippen LogP contribution in [0.5, 0.6) is 0 Å². The van der Waals surface area contributed by atoms with Crippen molar-refractivity contribution in [2.75, 3.05) is 6.61 Å². The van der Waals surface area contributed by atoms with Crippen molar-refractivity contribution in [3.8, 4) is 0 Å². The van der Waals surface area contributed by atoms with Crippen LogP contribution in [-0.2, 0) is 20.8 Å². The number of carbonyl (C=O) groups excluding carboxylic acids is 2. The number of hydrogen-bond donors (Lipinski definition) is 0. The number of carbonyl (C=O) groups is 2. The number of aryl methyl sites for hydroxylation is 1. The van der Waals surface area contributed by atoms with Crippen LogP contribution in [0.1, 0.15) is 50.0 Å². The third-order valence-electron chi connectivity index (χ3n) is 5.92. The van der Waals surface area contributed by atoms with Gasteiger partial charge in [-0.3, -0.25) is 4.79 Å². The van der Waals surface area contributed by atoms with Gasteiger partial charge in [0.2, 0.25) is 0 Å². The van der Waals surface area contributed by atoms with Gasteiger partial charge in [-0.15, -0.1) is 0 Å². The Morgan fingerprint density at radius 2 is 1.64 bits per heavy atom. The molecule has 0 amide bonds. The van der Waals surface area contributed by atoms with Crippen molar-refractivity contribution in [1.29, 1.82) is 0 Å². The first-order valence-corrected chi connectivity index (χ1v) is 12.2. The summed E-state index contributed by atoms with van der Waals surface area (Å²) < 4.78 is 13.3. The number of ketones is 1. The van der Waals surface area contributed by atoms with Crippen LogP contribution < -0.4 is 0 Å². The Balaban J connectivity index is 1.64. The molecule has 0 spiro atoms. The summed E-state index contributed by atoms with van der Waals surface area (Å²) in [5, 5.41) is 2.31. The van der Waals surface area contributed by atoms with E-state index in [-0.39, 0.29) is 17.5 Å². The first kappa shape index (κ1) is 24.9. The number of rotatable bonds is 8. The molecule has 0 saturated carbocycles. The maximum absolute atomic E-state index is 12.5. The summed E-state index contributed by atoms with van der Waals surface area (Å²) in [4.78, 5) is 28.9. The van der Waals surface area contributed by atoms with Gasteiger partial charge in [0, 0.05) is 41.7 Å². The molecule has 3 aromatic carbocycles. The van der Waals surface area contributed by atoms with Crippen LogP contribution in [0.2, 0.25) is 0 Å². The molecule has 0 aliphatic carbocycles. The van der Waals surface area contributed by atoms with Crippen molar-refractivity contribution in [2.45, 2.75) is 40.7 Å². The number of para-hydroxylation sites is 1. The number of Topliss-reactive ketones (excluding diaryl/α,β-unsaturated/α-hetero) is 1. The molecule has 0 fully saturated rings. The molecule has 0 bridgehead atoms. The summed E-state index contributed by atoms with van der Waals surface area (Å²) in [5.74, 6) is 0.0621. The molecular formula is C30H30N2O4. The minimum Gasteiger partial charge on any atom is -0.462 e. The van der Waals surface area contributed by atoms with Crippen molar-refractivity contribution in [2.24, 2.45) is 4.99 Å². The van der Waals surface area contributed by atoms with Crippen LogP contribution in [0.25, 0.3) is 27.9 Å². The highest BCUT2D eigenvalue weighted by molar-refractivity contribution is 6.09. The average Bonchev–Trinajstić information content (AvgIpc) is 3.21.